The predicted molar refractivity (Wildman–Crippen MR) is 79.7 cm³/mol. The van der Waals surface area contributed by atoms with Crippen LogP contribution in [0.2, 0.25) is 0 Å². The molecule has 98 valence electrons. The lowest BCUT2D eigenvalue weighted by Gasteiger charge is -2.00. The molecule has 5 nitrogen and oxygen atoms in total. The highest BCUT2D eigenvalue weighted by Crippen LogP contribution is 2.34. The molecule has 2 heterocycles. The molecular weight excluding hydrogens is 318 g/mol. The summed E-state index contributed by atoms with van der Waals surface area (Å²) >= 11 is 3.46. The fourth-order valence-electron chi connectivity index (χ4n) is 2.04. The molecule has 0 fully saturated rings. The summed E-state index contributed by atoms with van der Waals surface area (Å²) < 4.78 is 4.28. The molecule has 0 radical (unpaired) electrons. The van der Waals surface area contributed by atoms with Crippen molar-refractivity contribution in [3.05, 3.63) is 58.6 Å². The van der Waals surface area contributed by atoms with Crippen molar-refractivity contribution < 1.29 is 0 Å². The zero-order valence-corrected chi connectivity index (χ0v) is 12.2. The maximum Gasteiger partial charge on any atom is 0.305 e. The molecule has 0 saturated carbocycles. The van der Waals surface area contributed by atoms with Crippen molar-refractivity contribution in [1.82, 2.24) is 19.6 Å². The molecule has 1 aromatic carbocycles. The number of hydrogen-bond donors (Lipinski definition) is 0. The van der Waals surface area contributed by atoms with Gasteiger partial charge < -0.3 is 4.85 Å². The van der Waals surface area contributed by atoms with Crippen molar-refractivity contribution in [2.45, 2.75) is 0 Å². The van der Waals surface area contributed by atoms with E-state index in [-0.39, 0.29) is 0 Å². The summed E-state index contributed by atoms with van der Waals surface area (Å²) in [5.74, 6) is 0.359. The monoisotopic (exact) mass is 327 g/mol. The van der Waals surface area contributed by atoms with Gasteiger partial charge in [0.25, 0.3) is 0 Å². The van der Waals surface area contributed by atoms with Gasteiger partial charge >= 0.3 is 5.82 Å². The quantitative estimate of drug-likeness (QED) is 0.675. The molecule has 0 bridgehead atoms. The van der Waals surface area contributed by atoms with Crippen molar-refractivity contribution in [2.24, 2.45) is 7.05 Å². The molecule has 0 amide bonds. The summed E-state index contributed by atoms with van der Waals surface area (Å²) in [5.41, 5.74) is 2.52. The van der Waals surface area contributed by atoms with E-state index in [0.29, 0.717) is 5.82 Å². The fourth-order valence-corrected chi connectivity index (χ4v) is 2.60. The Morgan fingerprint density at radius 1 is 1.25 bits per heavy atom. The van der Waals surface area contributed by atoms with Crippen LogP contribution in [0.3, 0.4) is 0 Å². The second kappa shape index (κ2) is 4.94. The summed E-state index contributed by atoms with van der Waals surface area (Å²) in [6.07, 6.45) is 3.56. The van der Waals surface area contributed by atoms with Crippen LogP contribution in [-0.4, -0.2) is 19.6 Å². The van der Waals surface area contributed by atoms with E-state index in [1.54, 1.807) is 15.6 Å². The summed E-state index contributed by atoms with van der Waals surface area (Å²) in [5, 5.41) is 8.52. The van der Waals surface area contributed by atoms with Crippen molar-refractivity contribution in [3.8, 4) is 16.9 Å². The van der Waals surface area contributed by atoms with E-state index < -0.39 is 0 Å². The molecule has 0 unspecified atom stereocenters. The Balaban J connectivity index is 2.19. The van der Waals surface area contributed by atoms with Gasteiger partial charge in [-0.15, -0.1) is 0 Å². The summed E-state index contributed by atoms with van der Waals surface area (Å²) in [7, 11) is 1.84. The topological polar surface area (TPSA) is 40.0 Å². The highest BCUT2D eigenvalue weighted by molar-refractivity contribution is 9.10. The van der Waals surface area contributed by atoms with Crippen LogP contribution in [0.1, 0.15) is 0 Å². The minimum Gasteiger partial charge on any atom is -0.358 e. The van der Waals surface area contributed by atoms with Crippen molar-refractivity contribution >= 4 is 21.7 Å². The highest BCUT2D eigenvalue weighted by Gasteiger charge is 2.18. The SMILES string of the molecule is [C-]#[N+]c1nn(-c2ccccc2)cc1-c1c(Br)cnn1C. The molecule has 0 spiro atoms. The average molecular weight is 328 g/mol. The Kier molecular flexibility index (Phi) is 3.12. The standard InChI is InChI=1S/C14H10BrN5/c1-16-14-11(13-12(15)8-17-19(13)2)9-20(18-14)10-6-4-3-5-7-10/h3-9H,2H3. The Labute approximate surface area is 124 Å². The van der Waals surface area contributed by atoms with Gasteiger partial charge in [-0.2, -0.15) is 9.78 Å². The Hall–Kier alpha value is -2.39. The normalized spacial score (nSPS) is 10.4. The summed E-state index contributed by atoms with van der Waals surface area (Å²) in [6.45, 7) is 7.31. The lowest BCUT2D eigenvalue weighted by atomic mass is 10.2. The Bertz CT molecular complexity index is 775. The smallest absolute Gasteiger partial charge is 0.305 e. The lowest BCUT2D eigenvalue weighted by molar-refractivity contribution is 0.776. The van der Waals surface area contributed by atoms with E-state index in [2.05, 4.69) is 31.0 Å². The number of nitrogens with zero attached hydrogens (tertiary/aromatic N) is 5. The molecule has 3 aromatic rings. The van der Waals surface area contributed by atoms with Crippen molar-refractivity contribution in [3.63, 3.8) is 0 Å². The van der Waals surface area contributed by atoms with Gasteiger partial charge in [-0.3, -0.25) is 4.68 Å². The van der Waals surface area contributed by atoms with Crippen molar-refractivity contribution in [1.29, 1.82) is 0 Å². The van der Waals surface area contributed by atoms with Gasteiger partial charge in [0.1, 0.15) is 0 Å². The van der Waals surface area contributed by atoms with Gasteiger partial charge in [0.15, 0.2) is 0 Å². The molecule has 0 aliphatic heterocycles. The second-order valence-electron chi connectivity index (χ2n) is 4.22. The fraction of sp³-hybridized carbons (Fsp3) is 0.0714. The largest absolute Gasteiger partial charge is 0.358 e. The molecule has 2 aromatic heterocycles. The third-order valence-electron chi connectivity index (χ3n) is 2.97. The van der Waals surface area contributed by atoms with Crippen molar-refractivity contribution in [2.75, 3.05) is 0 Å². The molecule has 0 N–H and O–H groups in total. The van der Waals surface area contributed by atoms with Gasteiger partial charge in [-0.1, -0.05) is 24.8 Å². The van der Waals surface area contributed by atoms with Gasteiger partial charge in [0, 0.05) is 12.6 Å². The lowest BCUT2D eigenvalue weighted by Crippen LogP contribution is -1.94. The number of hydrogen-bond acceptors (Lipinski definition) is 2. The van der Waals surface area contributed by atoms with E-state index in [1.807, 2.05) is 43.6 Å². The van der Waals surface area contributed by atoms with E-state index >= 15 is 0 Å². The zero-order chi connectivity index (χ0) is 14.1. The minimum atomic E-state index is 0.359. The third kappa shape index (κ3) is 2.02. The maximum atomic E-state index is 7.31. The maximum absolute atomic E-state index is 7.31. The molecule has 3 rings (SSSR count). The summed E-state index contributed by atoms with van der Waals surface area (Å²) in [6, 6.07) is 9.72. The van der Waals surface area contributed by atoms with E-state index in [0.717, 1.165) is 21.4 Å². The first-order valence-corrected chi connectivity index (χ1v) is 6.70. The van der Waals surface area contributed by atoms with E-state index in [9.17, 15) is 0 Å². The average Bonchev–Trinajstić information content (AvgIpc) is 3.03. The van der Waals surface area contributed by atoms with Gasteiger partial charge in [-0.25, -0.2) is 0 Å². The van der Waals surface area contributed by atoms with Crippen LogP contribution in [0.4, 0.5) is 5.82 Å². The van der Waals surface area contributed by atoms with Crippen LogP contribution in [0.25, 0.3) is 21.8 Å². The van der Waals surface area contributed by atoms with Gasteiger partial charge in [0.2, 0.25) is 0 Å². The molecule has 0 saturated heterocycles. The first-order chi connectivity index (χ1) is 9.70. The van der Waals surface area contributed by atoms with Crippen LogP contribution < -0.4 is 0 Å². The number of benzene rings is 1. The summed E-state index contributed by atoms with van der Waals surface area (Å²) in [4.78, 5) is 3.51. The third-order valence-corrected chi connectivity index (χ3v) is 3.55. The number of halogens is 1. The van der Waals surface area contributed by atoms with Crippen LogP contribution in [0.5, 0.6) is 0 Å². The molecule has 6 heteroatoms. The molecule has 0 aliphatic carbocycles. The number of aromatic nitrogens is 4. The zero-order valence-electron chi connectivity index (χ0n) is 10.7. The Morgan fingerprint density at radius 2 is 2.00 bits per heavy atom. The van der Waals surface area contributed by atoms with Crippen LogP contribution in [-0.2, 0) is 7.05 Å². The molecular formula is C14H10BrN5. The van der Waals surface area contributed by atoms with E-state index in [4.69, 9.17) is 6.57 Å². The highest BCUT2D eigenvalue weighted by atomic mass is 79.9. The second-order valence-corrected chi connectivity index (χ2v) is 5.08. The molecule has 20 heavy (non-hydrogen) atoms. The molecule has 0 atom stereocenters. The molecule has 0 aliphatic rings. The number of rotatable bonds is 2. The van der Waals surface area contributed by atoms with Gasteiger partial charge in [0.05, 0.1) is 28.2 Å². The van der Waals surface area contributed by atoms with E-state index in [1.165, 1.54) is 0 Å². The van der Waals surface area contributed by atoms with Crippen LogP contribution in [0.15, 0.2) is 47.2 Å². The first-order valence-electron chi connectivity index (χ1n) is 5.91. The predicted octanol–water partition coefficient (Wildman–Crippen LogP) is 3.59. The van der Waals surface area contributed by atoms with Crippen LogP contribution in [0, 0.1) is 6.57 Å². The van der Waals surface area contributed by atoms with Crippen LogP contribution >= 0.6 is 15.9 Å². The Morgan fingerprint density at radius 3 is 2.60 bits per heavy atom. The number of aryl methyl sites for hydroxylation is 1. The van der Waals surface area contributed by atoms with Gasteiger partial charge in [-0.05, 0) is 33.2 Å². The first kappa shape index (κ1) is 12.6. The minimum absolute atomic E-state index is 0.359. The number of para-hydroxylation sites is 1.